The highest BCUT2D eigenvalue weighted by atomic mass is 32.2. The minimum atomic E-state index is -4.39. The highest BCUT2D eigenvalue weighted by Gasteiger charge is 2.32. The number of carboxylic acids is 1. The molecule has 0 saturated carbocycles. The zero-order chi connectivity index (χ0) is 19.4. The molecular weight excluding hydrogens is 374 g/mol. The molecule has 25 heavy (non-hydrogen) atoms. The molecule has 0 aliphatic carbocycles. The molecule has 0 saturated heterocycles. The number of hydrogen-bond donors (Lipinski definition) is 2. The van der Waals surface area contributed by atoms with E-state index in [1.165, 1.54) is 0 Å². The van der Waals surface area contributed by atoms with Crippen molar-refractivity contribution in [1.82, 2.24) is 4.72 Å². The summed E-state index contributed by atoms with van der Waals surface area (Å²) in [7, 11) is -2.22. The molecule has 0 aliphatic heterocycles. The summed E-state index contributed by atoms with van der Waals surface area (Å²) in [5.41, 5.74) is 0. The number of thiophene rings is 1. The van der Waals surface area contributed by atoms with Gasteiger partial charge in [-0.1, -0.05) is 13.8 Å². The number of carbonyl (C=O) groups is 3. The molecule has 0 amide bonds. The number of hydrogen-bond acceptors (Lipinski definition) is 8. The SMILES string of the molecule is COC(=O)c1cc(S(=O)(=O)N[C@@H](CC(C)C)C(=O)O)c(C(=O)OC)s1. The van der Waals surface area contributed by atoms with Gasteiger partial charge in [0, 0.05) is 0 Å². The van der Waals surface area contributed by atoms with Crippen LogP contribution in [0.3, 0.4) is 0 Å². The highest BCUT2D eigenvalue weighted by Crippen LogP contribution is 2.28. The highest BCUT2D eigenvalue weighted by molar-refractivity contribution is 7.89. The summed E-state index contributed by atoms with van der Waals surface area (Å²) >= 11 is 0.585. The lowest BCUT2D eigenvalue weighted by atomic mass is 10.1. The topological polar surface area (TPSA) is 136 Å². The van der Waals surface area contributed by atoms with Gasteiger partial charge in [0.15, 0.2) is 0 Å². The van der Waals surface area contributed by atoms with Crippen molar-refractivity contribution in [3.8, 4) is 0 Å². The van der Waals surface area contributed by atoms with Gasteiger partial charge in [-0.3, -0.25) is 4.79 Å². The monoisotopic (exact) mass is 393 g/mol. The van der Waals surface area contributed by atoms with Crippen molar-refractivity contribution in [2.75, 3.05) is 14.2 Å². The van der Waals surface area contributed by atoms with Crippen LogP contribution in [-0.4, -0.2) is 51.7 Å². The Balaban J connectivity index is 3.35. The van der Waals surface area contributed by atoms with Crippen molar-refractivity contribution < 1.29 is 37.4 Å². The van der Waals surface area contributed by atoms with Gasteiger partial charge in [0.1, 0.15) is 20.7 Å². The van der Waals surface area contributed by atoms with Crippen LogP contribution in [0.2, 0.25) is 0 Å². The first-order valence-corrected chi connectivity index (χ1v) is 9.39. The van der Waals surface area contributed by atoms with Crippen LogP contribution in [0, 0.1) is 5.92 Å². The second-order valence-corrected chi connectivity index (χ2v) is 8.16. The Morgan fingerprint density at radius 3 is 2.20 bits per heavy atom. The van der Waals surface area contributed by atoms with E-state index in [-0.39, 0.29) is 22.1 Å². The number of rotatable bonds is 8. The average Bonchev–Trinajstić information content (AvgIpc) is 2.98. The Labute approximate surface area is 149 Å². The van der Waals surface area contributed by atoms with Crippen LogP contribution in [0.4, 0.5) is 0 Å². The molecule has 1 atom stereocenters. The molecule has 140 valence electrons. The van der Waals surface area contributed by atoms with E-state index in [0.29, 0.717) is 11.3 Å². The van der Waals surface area contributed by atoms with E-state index in [1.807, 2.05) is 4.72 Å². The number of aliphatic carboxylic acids is 1. The van der Waals surface area contributed by atoms with Crippen LogP contribution < -0.4 is 4.72 Å². The molecule has 0 spiro atoms. The van der Waals surface area contributed by atoms with Gasteiger partial charge >= 0.3 is 17.9 Å². The summed E-state index contributed by atoms with van der Waals surface area (Å²) in [6.45, 7) is 3.48. The Morgan fingerprint density at radius 1 is 1.20 bits per heavy atom. The van der Waals surface area contributed by atoms with Gasteiger partial charge in [0.2, 0.25) is 10.0 Å². The number of methoxy groups -OCH3 is 2. The van der Waals surface area contributed by atoms with E-state index in [1.54, 1.807) is 13.8 Å². The normalized spacial score (nSPS) is 12.7. The molecule has 0 fully saturated rings. The third-order valence-electron chi connectivity index (χ3n) is 3.05. The van der Waals surface area contributed by atoms with E-state index < -0.39 is 38.9 Å². The molecule has 11 heteroatoms. The maximum absolute atomic E-state index is 12.6. The lowest BCUT2D eigenvalue weighted by Gasteiger charge is -2.16. The summed E-state index contributed by atoms with van der Waals surface area (Å²) < 4.78 is 36.2. The van der Waals surface area contributed by atoms with Crippen LogP contribution in [0.25, 0.3) is 0 Å². The maximum Gasteiger partial charge on any atom is 0.349 e. The predicted molar refractivity (Wildman–Crippen MR) is 88.2 cm³/mol. The Bertz CT molecular complexity index is 766. The number of esters is 2. The summed E-state index contributed by atoms with van der Waals surface area (Å²) in [6, 6.07) is -0.420. The van der Waals surface area contributed by atoms with Crippen molar-refractivity contribution in [2.24, 2.45) is 5.92 Å². The molecule has 2 N–H and O–H groups in total. The van der Waals surface area contributed by atoms with Gasteiger partial charge in [-0.05, 0) is 18.4 Å². The summed E-state index contributed by atoms with van der Waals surface area (Å²) in [5, 5.41) is 9.20. The second kappa shape index (κ2) is 8.41. The third-order valence-corrected chi connectivity index (χ3v) is 5.77. The Kier molecular flexibility index (Phi) is 7.08. The predicted octanol–water partition coefficient (Wildman–Crippen LogP) is 1.10. The Hall–Kier alpha value is -1.98. The summed E-state index contributed by atoms with van der Waals surface area (Å²) in [6.07, 6.45) is 0.0517. The molecule has 1 aromatic heterocycles. The van der Waals surface area contributed by atoms with Crippen LogP contribution in [0.15, 0.2) is 11.0 Å². The average molecular weight is 393 g/mol. The van der Waals surface area contributed by atoms with E-state index >= 15 is 0 Å². The largest absolute Gasteiger partial charge is 0.480 e. The van der Waals surface area contributed by atoms with Crippen molar-refractivity contribution in [1.29, 1.82) is 0 Å². The zero-order valence-electron chi connectivity index (χ0n) is 14.1. The van der Waals surface area contributed by atoms with E-state index in [4.69, 9.17) is 0 Å². The molecule has 0 unspecified atom stereocenters. The van der Waals surface area contributed by atoms with Crippen LogP contribution in [-0.2, 0) is 24.3 Å². The third kappa shape index (κ3) is 5.25. The lowest BCUT2D eigenvalue weighted by Crippen LogP contribution is -2.41. The van der Waals surface area contributed by atoms with Gasteiger partial charge in [0.05, 0.1) is 14.2 Å². The first kappa shape index (κ1) is 21.1. The molecule has 9 nitrogen and oxygen atoms in total. The smallest absolute Gasteiger partial charge is 0.349 e. The number of nitrogens with one attached hydrogen (secondary N) is 1. The fraction of sp³-hybridized carbons (Fsp3) is 0.500. The number of carboxylic acid groups (broad SMARTS) is 1. The Morgan fingerprint density at radius 2 is 1.76 bits per heavy atom. The van der Waals surface area contributed by atoms with Crippen LogP contribution >= 0.6 is 11.3 Å². The van der Waals surface area contributed by atoms with Crippen molar-refractivity contribution in [2.45, 2.75) is 31.2 Å². The van der Waals surface area contributed by atoms with Crippen LogP contribution in [0.1, 0.15) is 39.6 Å². The van der Waals surface area contributed by atoms with E-state index in [2.05, 4.69) is 9.47 Å². The zero-order valence-corrected chi connectivity index (χ0v) is 15.7. The molecule has 0 aliphatic rings. The van der Waals surface area contributed by atoms with Gasteiger partial charge in [-0.25, -0.2) is 18.0 Å². The van der Waals surface area contributed by atoms with E-state index in [0.717, 1.165) is 20.3 Å². The fourth-order valence-electron chi connectivity index (χ4n) is 1.93. The van der Waals surface area contributed by atoms with Gasteiger partial charge in [-0.2, -0.15) is 4.72 Å². The molecular formula is C14H19NO8S2. The number of carbonyl (C=O) groups excluding carboxylic acids is 2. The minimum Gasteiger partial charge on any atom is -0.480 e. The molecule has 0 bridgehead atoms. The number of sulfonamides is 1. The molecule has 1 heterocycles. The maximum atomic E-state index is 12.6. The van der Waals surface area contributed by atoms with Crippen molar-refractivity contribution >= 4 is 39.3 Å². The summed E-state index contributed by atoms with van der Waals surface area (Å²) in [5.74, 6) is -3.22. The van der Waals surface area contributed by atoms with E-state index in [9.17, 15) is 27.9 Å². The molecule has 1 rings (SSSR count). The summed E-state index contributed by atoms with van der Waals surface area (Å²) in [4.78, 5) is 33.7. The first-order valence-electron chi connectivity index (χ1n) is 7.09. The van der Waals surface area contributed by atoms with Gasteiger partial charge in [0.25, 0.3) is 0 Å². The lowest BCUT2D eigenvalue weighted by molar-refractivity contribution is -0.139. The molecule has 1 aromatic rings. The quantitative estimate of drug-likeness (QED) is 0.627. The van der Waals surface area contributed by atoms with Crippen molar-refractivity contribution in [3.63, 3.8) is 0 Å². The van der Waals surface area contributed by atoms with Crippen LogP contribution in [0.5, 0.6) is 0 Å². The first-order chi connectivity index (χ1) is 11.5. The van der Waals surface area contributed by atoms with Crippen molar-refractivity contribution in [3.05, 3.63) is 15.8 Å². The minimum absolute atomic E-state index is 0.0517. The van der Waals surface area contributed by atoms with Gasteiger partial charge in [-0.15, -0.1) is 11.3 Å². The fourth-order valence-corrected chi connectivity index (χ4v) is 4.65. The standard InChI is InChI=1S/C14H19NO8S2/c1-7(2)5-8(12(16)17)15-25(20,21)10-6-9(13(18)22-3)24-11(10)14(19)23-4/h6-8,15H,5H2,1-4H3,(H,16,17)/t8-/m0/s1. The van der Waals surface area contributed by atoms with Gasteiger partial charge < -0.3 is 14.6 Å². The molecule has 0 aromatic carbocycles. The number of ether oxygens (including phenoxy) is 2. The molecule has 0 radical (unpaired) electrons. The second-order valence-electron chi connectivity index (χ2n) is 5.43.